The number of aryl methyl sites for hydroxylation is 1. The second kappa shape index (κ2) is 5.65. The van der Waals surface area contributed by atoms with Gasteiger partial charge in [0.1, 0.15) is 11.5 Å². The van der Waals surface area contributed by atoms with E-state index >= 15 is 0 Å². The molecule has 1 spiro atoms. The Bertz CT molecular complexity index is 906. The summed E-state index contributed by atoms with van der Waals surface area (Å²) in [6, 6.07) is 6.30. The largest absolute Gasteiger partial charge is 0.466 e. The minimum absolute atomic E-state index is 0.0408. The van der Waals surface area contributed by atoms with Crippen molar-refractivity contribution in [3.8, 4) is 0 Å². The van der Waals surface area contributed by atoms with Crippen molar-refractivity contribution in [1.29, 1.82) is 0 Å². The molecule has 0 N–H and O–H groups in total. The van der Waals surface area contributed by atoms with Gasteiger partial charge < -0.3 is 9.47 Å². The Hall–Kier alpha value is -2.19. The first kappa shape index (κ1) is 17.2. The van der Waals surface area contributed by atoms with Crippen LogP contribution in [0.15, 0.2) is 41.3 Å². The van der Waals surface area contributed by atoms with Gasteiger partial charge >= 0.3 is 5.97 Å². The summed E-state index contributed by atoms with van der Waals surface area (Å²) >= 11 is 0. The van der Waals surface area contributed by atoms with Crippen molar-refractivity contribution in [3.05, 3.63) is 42.0 Å². The van der Waals surface area contributed by atoms with Gasteiger partial charge in [-0.05, 0) is 26.0 Å². The molecular formula is C18H19NO6S. The second-order valence-electron chi connectivity index (χ2n) is 6.82. The minimum atomic E-state index is -4.02. The molecule has 138 valence electrons. The van der Waals surface area contributed by atoms with Crippen LogP contribution in [-0.4, -0.2) is 49.5 Å². The quantitative estimate of drug-likeness (QED) is 0.575. The molecule has 2 fully saturated rings. The summed E-state index contributed by atoms with van der Waals surface area (Å²) < 4.78 is 37.7. The Labute approximate surface area is 151 Å². The molecule has 0 aromatic heterocycles. The van der Waals surface area contributed by atoms with Crippen molar-refractivity contribution >= 4 is 21.9 Å². The highest BCUT2D eigenvalue weighted by atomic mass is 32.2. The van der Waals surface area contributed by atoms with Crippen LogP contribution in [0.5, 0.6) is 0 Å². The predicted molar refractivity (Wildman–Crippen MR) is 90.4 cm³/mol. The molecule has 8 heteroatoms. The van der Waals surface area contributed by atoms with Crippen LogP contribution in [-0.2, 0) is 29.1 Å². The number of benzene rings is 1. The molecule has 3 aliphatic rings. The zero-order chi connectivity index (χ0) is 18.7. The fourth-order valence-electron chi connectivity index (χ4n) is 4.01. The maximum Gasteiger partial charge on any atom is 0.312 e. The van der Waals surface area contributed by atoms with Gasteiger partial charge in [0, 0.05) is 0 Å². The van der Waals surface area contributed by atoms with E-state index in [0.29, 0.717) is 0 Å². The van der Waals surface area contributed by atoms with Crippen LogP contribution < -0.4 is 0 Å². The van der Waals surface area contributed by atoms with Crippen molar-refractivity contribution < 1.29 is 27.5 Å². The molecule has 2 saturated heterocycles. The zero-order valence-corrected chi connectivity index (χ0v) is 15.2. The molecule has 1 aromatic carbocycles. The highest BCUT2D eigenvalue weighted by Gasteiger charge is 2.69. The summed E-state index contributed by atoms with van der Waals surface area (Å²) in [4.78, 5) is 25.4. The Morgan fingerprint density at radius 2 is 2.04 bits per heavy atom. The van der Waals surface area contributed by atoms with Gasteiger partial charge in [-0.2, -0.15) is 0 Å². The lowest BCUT2D eigenvalue weighted by Gasteiger charge is -2.22. The third kappa shape index (κ3) is 2.25. The summed E-state index contributed by atoms with van der Waals surface area (Å²) in [6.45, 7) is 3.59. The first-order chi connectivity index (χ1) is 12.3. The van der Waals surface area contributed by atoms with Gasteiger partial charge in [0.2, 0.25) is 5.91 Å². The molecular weight excluding hydrogens is 358 g/mol. The van der Waals surface area contributed by atoms with E-state index in [2.05, 4.69) is 0 Å². The Balaban J connectivity index is 1.70. The lowest BCUT2D eigenvalue weighted by Crippen LogP contribution is -2.40. The molecule has 4 rings (SSSR count). The fraction of sp³-hybridized carbons (Fsp3) is 0.444. The zero-order valence-electron chi connectivity index (χ0n) is 14.4. The van der Waals surface area contributed by atoms with Gasteiger partial charge in [0.15, 0.2) is 0 Å². The number of rotatable bonds is 4. The molecule has 0 saturated carbocycles. The summed E-state index contributed by atoms with van der Waals surface area (Å²) in [5.41, 5.74) is -0.170. The monoisotopic (exact) mass is 377 g/mol. The number of ether oxygens (including phenoxy) is 2. The molecule has 4 atom stereocenters. The van der Waals surface area contributed by atoms with Crippen LogP contribution in [0.3, 0.4) is 0 Å². The summed E-state index contributed by atoms with van der Waals surface area (Å²) in [5.74, 6) is -2.84. The van der Waals surface area contributed by atoms with E-state index in [-0.39, 0.29) is 18.0 Å². The molecule has 26 heavy (non-hydrogen) atoms. The summed E-state index contributed by atoms with van der Waals surface area (Å²) in [6.07, 6.45) is 2.88. The second-order valence-corrected chi connectivity index (χ2v) is 8.68. The van der Waals surface area contributed by atoms with Crippen LogP contribution in [0.4, 0.5) is 0 Å². The number of fused-ring (bicyclic) bond motifs is 1. The lowest BCUT2D eigenvalue weighted by molar-refractivity contribution is -0.152. The lowest BCUT2D eigenvalue weighted by atomic mass is 9.77. The Kier molecular flexibility index (Phi) is 3.75. The third-order valence-corrected chi connectivity index (χ3v) is 6.99. The average molecular weight is 377 g/mol. The van der Waals surface area contributed by atoms with E-state index in [9.17, 15) is 18.0 Å². The first-order valence-electron chi connectivity index (χ1n) is 8.47. The standard InChI is InChI=1S/C18H19NO6S/c1-3-24-17(21)14-13-8-9-18(25-13)10-19(16(20)15(14)18)26(22,23)12-6-4-11(2)5-7-12/h4-9,13-15H,3,10H2,1-2H3/t13-,14+,15+,18-/m1/s1. The topological polar surface area (TPSA) is 90.0 Å². The van der Waals surface area contributed by atoms with Crippen molar-refractivity contribution in [2.45, 2.75) is 30.4 Å². The van der Waals surface area contributed by atoms with E-state index < -0.39 is 45.4 Å². The van der Waals surface area contributed by atoms with E-state index in [1.165, 1.54) is 12.1 Å². The van der Waals surface area contributed by atoms with E-state index in [0.717, 1.165) is 9.87 Å². The van der Waals surface area contributed by atoms with Gasteiger partial charge in [-0.3, -0.25) is 9.59 Å². The van der Waals surface area contributed by atoms with Gasteiger partial charge in [-0.1, -0.05) is 29.8 Å². The molecule has 1 amide bonds. The van der Waals surface area contributed by atoms with Gasteiger partial charge in [-0.15, -0.1) is 0 Å². The van der Waals surface area contributed by atoms with E-state index in [1.54, 1.807) is 31.2 Å². The van der Waals surface area contributed by atoms with Crippen LogP contribution in [0.1, 0.15) is 12.5 Å². The number of amides is 1. The Morgan fingerprint density at radius 1 is 1.35 bits per heavy atom. The molecule has 0 aliphatic carbocycles. The third-order valence-electron chi connectivity index (χ3n) is 5.23. The number of nitrogens with zero attached hydrogens (tertiary/aromatic N) is 1. The Morgan fingerprint density at radius 3 is 2.69 bits per heavy atom. The molecule has 2 bridgehead atoms. The fourth-order valence-corrected chi connectivity index (χ4v) is 5.47. The smallest absolute Gasteiger partial charge is 0.312 e. The van der Waals surface area contributed by atoms with Gasteiger partial charge in [0.05, 0.1) is 30.1 Å². The van der Waals surface area contributed by atoms with Crippen LogP contribution in [0.25, 0.3) is 0 Å². The molecule has 1 aromatic rings. The van der Waals surface area contributed by atoms with E-state index in [4.69, 9.17) is 9.47 Å². The molecule has 7 nitrogen and oxygen atoms in total. The average Bonchev–Trinajstić information content (AvgIpc) is 3.24. The number of carbonyl (C=O) groups excluding carboxylic acids is 2. The van der Waals surface area contributed by atoms with Gasteiger partial charge in [-0.25, -0.2) is 12.7 Å². The number of sulfonamides is 1. The maximum absolute atomic E-state index is 13.0. The van der Waals surface area contributed by atoms with Gasteiger partial charge in [0.25, 0.3) is 10.0 Å². The van der Waals surface area contributed by atoms with Crippen LogP contribution in [0.2, 0.25) is 0 Å². The van der Waals surface area contributed by atoms with Crippen LogP contribution in [0, 0.1) is 18.8 Å². The minimum Gasteiger partial charge on any atom is -0.466 e. The van der Waals surface area contributed by atoms with Crippen LogP contribution >= 0.6 is 0 Å². The molecule has 3 heterocycles. The predicted octanol–water partition coefficient (Wildman–Crippen LogP) is 1.03. The normalized spacial score (nSPS) is 32.2. The summed E-state index contributed by atoms with van der Waals surface area (Å²) in [7, 11) is -4.02. The SMILES string of the molecule is CCOC(=O)[C@@H]1[C@H]2C(=O)N(S(=O)(=O)c3ccc(C)cc3)C[C@]23C=C[C@H]1O3. The van der Waals surface area contributed by atoms with Crippen molar-refractivity contribution in [2.75, 3.05) is 13.2 Å². The number of hydrogen-bond acceptors (Lipinski definition) is 6. The van der Waals surface area contributed by atoms with E-state index in [1.807, 2.05) is 6.92 Å². The van der Waals surface area contributed by atoms with Crippen molar-refractivity contribution in [1.82, 2.24) is 4.31 Å². The summed E-state index contributed by atoms with van der Waals surface area (Å²) in [5, 5.41) is 0. The molecule has 0 radical (unpaired) electrons. The number of esters is 1. The maximum atomic E-state index is 13.0. The molecule has 0 unspecified atom stereocenters. The highest BCUT2D eigenvalue weighted by Crippen LogP contribution is 2.53. The first-order valence-corrected chi connectivity index (χ1v) is 9.91. The highest BCUT2D eigenvalue weighted by molar-refractivity contribution is 7.89. The molecule has 3 aliphatic heterocycles. The number of carbonyl (C=O) groups is 2. The number of hydrogen-bond donors (Lipinski definition) is 0. The van der Waals surface area contributed by atoms with Crippen molar-refractivity contribution in [2.24, 2.45) is 11.8 Å². The van der Waals surface area contributed by atoms with Crippen molar-refractivity contribution in [3.63, 3.8) is 0 Å².